The molecule has 1 spiro atoms. The van der Waals surface area contributed by atoms with Crippen LogP contribution < -0.4 is 10.2 Å². The number of hydrogen-bond acceptors (Lipinski definition) is 9. The Labute approximate surface area is 243 Å². The maximum absolute atomic E-state index is 15.6. The molecule has 3 aliphatic heterocycles. The molecule has 42 heavy (non-hydrogen) atoms. The van der Waals surface area contributed by atoms with Crippen molar-refractivity contribution < 1.29 is 48.7 Å². The molecule has 0 bridgehead atoms. The Bertz CT molecular complexity index is 1340. The standard InChI is InChI=1S/C29H37FN2O9Si/c1-15-25(42(2,3)30)20(11-12-33)41-29(15)18-9-4-5-10-19(18)32(28(29)39)14-16-7-6-8-17(13-16)31-26(37)24-22(35)21(34)23(36)27(38)40-24/h4-10,13,15,20-25,27,33-36,38H,11-12,14H2,1-3H3,(H,31,37)/t15-,20+,21+,22+,23-,24+,25-,27-,29+/m1/s1. The van der Waals surface area contributed by atoms with Crippen LogP contribution in [-0.2, 0) is 31.2 Å². The Morgan fingerprint density at radius 1 is 1.07 bits per heavy atom. The van der Waals surface area contributed by atoms with Crippen LogP contribution in [0.5, 0.6) is 0 Å². The predicted octanol–water partition coefficient (Wildman–Crippen LogP) is 1.13. The number of para-hydroxylation sites is 1. The van der Waals surface area contributed by atoms with Crippen molar-refractivity contribution >= 4 is 31.6 Å². The summed E-state index contributed by atoms with van der Waals surface area (Å²) in [7, 11) is -3.30. The molecule has 2 aromatic rings. The number of hydrogen-bond donors (Lipinski definition) is 6. The second kappa shape index (κ2) is 11.4. The second-order valence-electron chi connectivity index (χ2n) is 11.8. The number of carbonyl (C=O) groups is 2. The highest BCUT2D eigenvalue weighted by molar-refractivity contribution is 6.72. The Balaban J connectivity index is 1.40. The number of anilines is 2. The Hall–Kier alpha value is -2.75. The predicted molar refractivity (Wildman–Crippen MR) is 151 cm³/mol. The third-order valence-corrected chi connectivity index (χ3v) is 11.1. The van der Waals surface area contributed by atoms with Crippen LogP contribution in [0.4, 0.5) is 15.5 Å². The van der Waals surface area contributed by atoms with E-state index in [0.29, 0.717) is 22.5 Å². The Morgan fingerprint density at radius 2 is 1.79 bits per heavy atom. The third-order valence-electron chi connectivity index (χ3n) is 8.66. The molecule has 13 heteroatoms. The van der Waals surface area contributed by atoms with Crippen molar-refractivity contribution in [3.63, 3.8) is 0 Å². The van der Waals surface area contributed by atoms with Gasteiger partial charge in [-0.15, -0.1) is 0 Å². The summed E-state index contributed by atoms with van der Waals surface area (Å²) in [6.07, 6.45) is -9.21. The number of nitrogens with zero attached hydrogens (tertiary/aromatic N) is 1. The van der Waals surface area contributed by atoms with Crippen molar-refractivity contribution in [1.29, 1.82) is 0 Å². The molecule has 11 nitrogen and oxygen atoms in total. The number of halogens is 1. The topological polar surface area (TPSA) is 169 Å². The number of ether oxygens (including phenoxy) is 2. The van der Waals surface area contributed by atoms with E-state index in [-0.39, 0.29) is 25.5 Å². The van der Waals surface area contributed by atoms with E-state index < -0.39 is 68.2 Å². The lowest BCUT2D eigenvalue weighted by Crippen LogP contribution is -2.60. The van der Waals surface area contributed by atoms with E-state index in [1.54, 1.807) is 48.3 Å². The SMILES string of the molecule is C[C@@H]1[C@@H]([Si](C)(C)F)[C@H](CCO)O[C@@]12C(=O)N(Cc1cccc(NC(=O)[C@H]3O[C@@H](O)[C@H](O)[C@@H](O)[C@@H]3O)c1)c1ccccc12. The summed E-state index contributed by atoms with van der Waals surface area (Å²) in [4.78, 5) is 28.7. The van der Waals surface area contributed by atoms with Crippen LogP contribution in [0.1, 0.15) is 24.5 Å². The molecule has 0 aromatic heterocycles. The number of fused-ring (bicyclic) bond motifs is 2. The summed E-state index contributed by atoms with van der Waals surface area (Å²) in [6, 6.07) is 13.9. The normalized spacial score (nSPS) is 34.6. The maximum Gasteiger partial charge on any atom is 0.264 e. The van der Waals surface area contributed by atoms with E-state index in [2.05, 4.69) is 5.32 Å². The zero-order valence-electron chi connectivity index (χ0n) is 23.6. The highest BCUT2D eigenvalue weighted by atomic mass is 28.4. The molecule has 3 aliphatic rings. The van der Waals surface area contributed by atoms with Gasteiger partial charge in [-0.3, -0.25) is 9.59 Å². The van der Waals surface area contributed by atoms with Gasteiger partial charge in [0.05, 0.1) is 18.3 Å². The van der Waals surface area contributed by atoms with Crippen LogP contribution in [0.3, 0.4) is 0 Å². The van der Waals surface area contributed by atoms with Gasteiger partial charge in [-0.2, -0.15) is 0 Å². The summed E-state index contributed by atoms with van der Waals surface area (Å²) >= 11 is 0. The molecule has 6 N–H and O–H groups in total. The summed E-state index contributed by atoms with van der Waals surface area (Å²) in [5.74, 6) is -1.65. The first-order valence-electron chi connectivity index (χ1n) is 14.0. The monoisotopic (exact) mass is 604 g/mol. The molecule has 3 heterocycles. The van der Waals surface area contributed by atoms with Gasteiger partial charge in [-0.05, 0) is 43.3 Å². The number of benzene rings is 2. The molecule has 2 aromatic carbocycles. The van der Waals surface area contributed by atoms with Crippen LogP contribution in [-0.4, -0.2) is 89.2 Å². The zero-order chi connectivity index (χ0) is 30.6. The fraction of sp³-hybridized carbons (Fsp3) is 0.517. The summed E-state index contributed by atoms with van der Waals surface area (Å²) in [6.45, 7) is 4.97. The number of aliphatic hydroxyl groups is 5. The van der Waals surface area contributed by atoms with Crippen molar-refractivity contribution in [2.45, 2.75) is 80.9 Å². The number of nitrogens with one attached hydrogen (secondary N) is 1. The van der Waals surface area contributed by atoms with Gasteiger partial charge in [0.15, 0.2) is 18.0 Å². The van der Waals surface area contributed by atoms with E-state index in [1.165, 1.54) is 0 Å². The fourth-order valence-electron chi connectivity index (χ4n) is 6.78. The molecule has 2 amide bonds. The van der Waals surface area contributed by atoms with Crippen molar-refractivity contribution in [1.82, 2.24) is 0 Å². The number of rotatable bonds is 7. The molecular formula is C29H37FN2O9Si. The first-order valence-corrected chi connectivity index (χ1v) is 16.9. The first kappa shape index (κ1) is 30.7. The lowest BCUT2D eigenvalue weighted by molar-refractivity contribution is -0.274. The average molecular weight is 605 g/mol. The van der Waals surface area contributed by atoms with Gasteiger partial charge in [-0.1, -0.05) is 37.3 Å². The smallest absolute Gasteiger partial charge is 0.264 e. The van der Waals surface area contributed by atoms with E-state index in [0.717, 1.165) is 0 Å². The van der Waals surface area contributed by atoms with Gasteiger partial charge >= 0.3 is 0 Å². The van der Waals surface area contributed by atoms with Crippen LogP contribution in [0.25, 0.3) is 0 Å². The van der Waals surface area contributed by atoms with E-state index >= 15 is 4.11 Å². The number of amides is 2. The minimum atomic E-state index is -3.30. The van der Waals surface area contributed by atoms with Gasteiger partial charge in [0.1, 0.15) is 18.3 Å². The van der Waals surface area contributed by atoms with Gasteiger partial charge in [0.25, 0.3) is 11.8 Å². The number of aliphatic hydroxyl groups excluding tert-OH is 5. The molecular weight excluding hydrogens is 567 g/mol. The van der Waals surface area contributed by atoms with E-state index in [1.807, 2.05) is 25.1 Å². The fourth-order valence-corrected chi connectivity index (χ4v) is 9.32. The highest BCUT2D eigenvalue weighted by Gasteiger charge is 2.66. The average Bonchev–Trinajstić information content (AvgIpc) is 3.36. The third kappa shape index (κ3) is 5.07. The molecule has 0 radical (unpaired) electrons. The van der Waals surface area contributed by atoms with E-state index in [9.17, 15) is 35.1 Å². The van der Waals surface area contributed by atoms with Gasteiger partial charge in [0.2, 0.25) is 8.41 Å². The summed E-state index contributed by atoms with van der Waals surface area (Å²) in [5, 5.41) is 51.8. The minimum absolute atomic E-state index is 0.106. The summed E-state index contributed by atoms with van der Waals surface area (Å²) in [5.41, 5.74) is 0.323. The molecule has 0 aliphatic carbocycles. The minimum Gasteiger partial charge on any atom is -0.396 e. The van der Waals surface area contributed by atoms with Crippen molar-refractivity contribution in [2.24, 2.45) is 5.92 Å². The summed E-state index contributed by atoms with van der Waals surface area (Å²) < 4.78 is 27.1. The quantitative estimate of drug-likeness (QED) is 0.200. The van der Waals surface area contributed by atoms with Crippen molar-refractivity contribution in [3.8, 4) is 0 Å². The molecule has 2 fully saturated rings. The van der Waals surface area contributed by atoms with Crippen LogP contribution in [0.2, 0.25) is 18.6 Å². The number of carbonyl (C=O) groups excluding carboxylic acids is 2. The lowest BCUT2D eigenvalue weighted by Gasteiger charge is -2.37. The zero-order valence-corrected chi connectivity index (χ0v) is 24.6. The van der Waals surface area contributed by atoms with E-state index in [4.69, 9.17) is 9.47 Å². The maximum atomic E-state index is 15.6. The van der Waals surface area contributed by atoms with Crippen LogP contribution in [0, 0.1) is 5.92 Å². The Kier molecular flexibility index (Phi) is 8.33. The second-order valence-corrected chi connectivity index (χ2v) is 15.6. The molecule has 9 atom stereocenters. The van der Waals surface area contributed by atoms with Gasteiger partial charge < -0.3 is 49.3 Å². The largest absolute Gasteiger partial charge is 0.396 e. The van der Waals surface area contributed by atoms with Crippen molar-refractivity contribution in [3.05, 3.63) is 59.7 Å². The molecule has 228 valence electrons. The van der Waals surface area contributed by atoms with Crippen LogP contribution >= 0.6 is 0 Å². The molecule has 2 saturated heterocycles. The molecule has 5 rings (SSSR count). The first-order chi connectivity index (χ1) is 19.8. The highest BCUT2D eigenvalue weighted by Crippen LogP contribution is 2.60. The lowest BCUT2D eigenvalue weighted by atomic mass is 9.82. The van der Waals surface area contributed by atoms with Crippen LogP contribution in [0.15, 0.2) is 48.5 Å². The molecule has 0 unspecified atom stereocenters. The Morgan fingerprint density at radius 3 is 2.48 bits per heavy atom. The van der Waals surface area contributed by atoms with Gasteiger partial charge in [-0.25, -0.2) is 0 Å². The van der Waals surface area contributed by atoms with Crippen molar-refractivity contribution in [2.75, 3.05) is 16.8 Å². The molecule has 0 saturated carbocycles. The van der Waals surface area contributed by atoms with Gasteiger partial charge in [0, 0.05) is 29.3 Å².